The Morgan fingerprint density at radius 2 is 1.93 bits per heavy atom. The Balaban J connectivity index is 1.47. The van der Waals surface area contributed by atoms with E-state index in [1.54, 1.807) is 32.2 Å². The summed E-state index contributed by atoms with van der Waals surface area (Å²) in [6.45, 7) is 0.503. The first kappa shape index (κ1) is 29.2. The number of nitrogens with zero attached hydrogens (tertiary/aromatic N) is 8. The average Bonchev–Trinajstić information content (AvgIpc) is 3.62. The van der Waals surface area contributed by atoms with Crippen LogP contribution in [-0.4, -0.2) is 45.2 Å². The summed E-state index contributed by atoms with van der Waals surface area (Å²) >= 11 is 6.11. The van der Waals surface area contributed by atoms with Crippen LogP contribution in [0, 0.1) is 18.7 Å². The molecular formula is C29H25ClF3N9O2. The number of benzene rings is 1. The number of anilines is 1. The van der Waals surface area contributed by atoms with Crippen molar-refractivity contribution >= 4 is 23.2 Å². The van der Waals surface area contributed by atoms with E-state index in [9.17, 15) is 18.4 Å². The van der Waals surface area contributed by atoms with Crippen molar-refractivity contribution in [3.8, 4) is 28.2 Å². The molecule has 0 radical (unpaired) electrons. The summed E-state index contributed by atoms with van der Waals surface area (Å²) in [5, 5.41) is 14.3. The van der Waals surface area contributed by atoms with Crippen molar-refractivity contribution in [2.45, 2.75) is 45.7 Å². The highest BCUT2D eigenvalue weighted by Gasteiger charge is 2.26. The zero-order chi connectivity index (χ0) is 31.1. The summed E-state index contributed by atoms with van der Waals surface area (Å²) in [5.41, 5.74) is 1.27. The molecule has 4 aromatic heterocycles. The highest BCUT2D eigenvalue weighted by atomic mass is 35.5. The van der Waals surface area contributed by atoms with Crippen LogP contribution in [0.4, 0.5) is 18.9 Å². The molecule has 0 spiro atoms. The van der Waals surface area contributed by atoms with Gasteiger partial charge in [0.25, 0.3) is 5.56 Å². The number of amides is 1. The van der Waals surface area contributed by atoms with E-state index >= 15 is 4.39 Å². The van der Waals surface area contributed by atoms with Crippen molar-refractivity contribution in [2.75, 3.05) is 5.32 Å². The molecule has 1 N–H and O–H groups in total. The van der Waals surface area contributed by atoms with Crippen LogP contribution < -0.4 is 10.9 Å². The van der Waals surface area contributed by atoms with Crippen molar-refractivity contribution < 1.29 is 18.0 Å². The van der Waals surface area contributed by atoms with Crippen LogP contribution in [0.3, 0.4) is 0 Å². The van der Waals surface area contributed by atoms with Crippen LogP contribution >= 0.6 is 11.6 Å². The van der Waals surface area contributed by atoms with Crippen molar-refractivity contribution in [2.24, 2.45) is 5.92 Å². The molecule has 1 aliphatic heterocycles. The summed E-state index contributed by atoms with van der Waals surface area (Å²) < 4.78 is 46.5. The maximum Gasteiger partial charge on any atom is 0.333 e. The van der Waals surface area contributed by atoms with E-state index in [0.29, 0.717) is 40.9 Å². The fourth-order valence-electron chi connectivity index (χ4n) is 5.32. The first-order valence-electron chi connectivity index (χ1n) is 13.7. The van der Waals surface area contributed by atoms with Crippen LogP contribution in [0.5, 0.6) is 0 Å². The molecule has 2 atom stereocenters. The van der Waals surface area contributed by atoms with Crippen LogP contribution in [0.2, 0.25) is 5.02 Å². The summed E-state index contributed by atoms with van der Waals surface area (Å²) in [7, 11) is 0. The Labute approximate surface area is 253 Å². The van der Waals surface area contributed by atoms with Crippen LogP contribution in [0.15, 0.2) is 60.0 Å². The number of fused-ring (bicyclic) bond motifs is 4. The second-order valence-corrected chi connectivity index (χ2v) is 10.9. The molecule has 11 nitrogen and oxygen atoms in total. The van der Waals surface area contributed by atoms with Gasteiger partial charge in [0, 0.05) is 23.7 Å². The summed E-state index contributed by atoms with van der Waals surface area (Å²) in [4.78, 5) is 35.5. The second kappa shape index (κ2) is 11.7. The van der Waals surface area contributed by atoms with Gasteiger partial charge in [0.05, 0.1) is 69.5 Å². The fraction of sp³-hybridized carbons (Fsp3) is 0.276. The lowest BCUT2D eigenvalue weighted by atomic mass is 9.97. The third-order valence-corrected chi connectivity index (χ3v) is 7.84. The smallest absolute Gasteiger partial charge is 0.323 e. The maximum absolute atomic E-state index is 15.4. The van der Waals surface area contributed by atoms with E-state index in [4.69, 9.17) is 11.6 Å². The van der Waals surface area contributed by atoms with E-state index in [0.717, 1.165) is 0 Å². The molecule has 0 aliphatic carbocycles. The number of hydrogen-bond acceptors (Lipinski definition) is 7. The molecule has 226 valence electrons. The van der Waals surface area contributed by atoms with Crippen molar-refractivity contribution in [3.63, 3.8) is 0 Å². The molecule has 2 bridgehead atoms. The number of pyridine rings is 1. The third kappa shape index (κ3) is 5.36. The Morgan fingerprint density at radius 3 is 2.66 bits per heavy atom. The maximum atomic E-state index is 15.4. The predicted octanol–water partition coefficient (Wildman–Crippen LogP) is 5.59. The van der Waals surface area contributed by atoms with Crippen LogP contribution in [0.25, 0.3) is 28.2 Å². The average molecular weight is 624 g/mol. The summed E-state index contributed by atoms with van der Waals surface area (Å²) in [6, 6.07) is 6.57. The van der Waals surface area contributed by atoms with Gasteiger partial charge in [0.1, 0.15) is 0 Å². The van der Waals surface area contributed by atoms with Gasteiger partial charge in [-0.05, 0) is 44.0 Å². The van der Waals surface area contributed by atoms with E-state index < -0.39 is 29.9 Å². The molecule has 44 heavy (non-hydrogen) atoms. The van der Waals surface area contributed by atoms with Gasteiger partial charge in [-0.2, -0.15) is 13.9 Å². The van der Waals surface area contributed by atoms with E-state index in [2.05, 4.69) is 30.7 Å². The van der Waals surface area contributed by atoms with Gasteiger partial charge in [-0.25, -0.2) is 18.7 Å². The molecule has 6 rings (SSSR count). The summed E-state index contributed by atoms with van der Waals surface area (Å²) in [5.74, 6) is -1.57. The van der Waals surface area contributed by atoms with Crippen molar-refractivity contribution in [3.05, 3.63) is 87.8 Å². The largest absolute Gasteiger partial charge is 0.333 e. The molecule has 0 saturated heterocycles. The first-order chi connectivity index (χ1) is 21.1. The zero-order valence-corrected chi connectivity index (χ0v) is 24.2. The van der Waals surface area contributed by atoms with Crippen LogP contribution in [-0.2, 0) is 4.79 Å². The Hall–Kier alpha value is -4.85. The summed E-state index contributed by atoms with van der Waals surface area (Å²) in [6.07, 6.45) is 6.89. The minimum Gasteiger partial charge on any atom is -0.323 e. The fourth-order valence-corrected chi connectivity index (χ4v) is 5.48. The van der Waals surface area contributed by atoms with Gasteiger partial charge in [-0.15, -0.1) is 5.10 Å². The highest BCUT2D eigenvalue weighted by molar-refractivity contribution is 6.31. The lowest BCUT2D eigenvalue weighted by Gasteiger charge is -2.22. The number of rotatable bonds is 4. The molecule has 5 heterocycles. The van der Waals surface area contributed by atoms with Gasteiger partial charge in [-0.1, -0.05) is 30.2 Å². The minimum absolute atomic E-state index is 0.0108. The lowest BCUT2D eigenvalue weighted by molar-refractivity contribution is -0.119. The topological polar surface area (TPSA) is 125 Å². The van der Waals surface area contributed by atoms with Crippen molar-refractivity contribution in [1.29, 1.82) is 0 Å². The SMILES string of the molecule is Cc1cn(-c2ccc(Cl)c(F)c2-c2cc(=O)n(C3CCCC(C)C(=O)Nc4cnn(C(F)F)c4-c4ccnc3c4)cn2)nn1. The van der Waals surface area contributed by atoms with Crippen molar-refractivity contribution in [1.82, 2.24) is 39.3 Å². The molecule has 0 saturated carbocycles. The van der Waals surface area contributed by atoms with Gasteiger partial charge in [0.2, 0.25) is 5.91 Å². The third-order valence-electron chi connectivity index (χ3n) is 7.55. The minimum atomic E-state index is -2.97. The molecule has 5 aromatic rings. The van der Waals surface area contributed by atoms with Gasteiger partial charge >= 0.3 is 6.55 Å². The Morgan fingerprint density at radius 1 is 1.11 bits per heavy atom. The highest BCUT2D eigenvalue weighted by Crippen LogP contribution is 2.35. The van der Waals surface area contributed by atoms with Gasteiger partial charge < -0.3 is 5.32 Å². The molecule has 0 fully saturated rings. The number of carbonyl (C=O) groups excluding carboxylic acids is 1. The Kier molecular flexibility index (Phi) is 7.76. The normalized spacial score (nSPS) is 17.1. The quantitative estimate of drug-likeness (QED) is 0.276. The van der Waals surface area contributed by atoms with Crippen LogP contribution in [0.1, 0.15) is 50.2 Å². The number of carbonyl (C=O) groups is 1. The van der Waals surface area contributed by atoms with Gasteiger partial charge in [0.15, 0.2) is 5.82 Å². The van der Waals surface area contributed by atoms with E-state index in [1.165, 1.54) is 46.2 Å². The zero-order valence-electron chi connectivity index (χ0n) is 23.5. The second-order valence-electron chi connectivity index (χ2n) is 10.5. The Bertz CT molecular complexity index is 1940. The van der Waals surface area contributed by atoms with E-state index in [-0.39, 0.29) is 39.3 Å². The molecule has 15 heteroatoms. The number of alkyl halides is 2. The molecule has 1 aromatic carbocycles. The molecule has 1 aliphatic rings. The number of hydrogen-bond donors (Lipinski definition) is 1. The predicted molar refractivity (Wildman–Crippen MR) is 155 cm³/mol. The standard InChI is InChI=1S/C29H25ClF3N9O2/c1-15-4-3-5-22(19-10-17(8-9-34-19)27-21(37-28(15)44)12-36-42(27)29(32)33)40-14-35-20(11-24(40)43)25-23(7-6-18(30)26(25)31)41-13-16(2)38-39-41/h6-15,22,29H,3-5H2,1-2H3,(H,37,44). The molecule has 1 amide bonds. The first-order valence-corrected chi connectivity index (χ1v) is 14.1. The number of nitrogens with one attached hydrogen (secondary N) is 1. The number of halogens is 4. The number of aromatic nitrogens is 8. The molecular weight excluding hydrogens is 599 g/mol. The lowest BCUT2D eigenvalue weighted by Crippen LogP contribution is -2.27. The molecule has 2 unspecified atom stereocenters. The monoisotopic (exact) mass is 623 g/mol. The number of aryl methyl sites for hydroxylation is 1. The van der Waals surface area contributed by atoms with Gasteiger partial charge in [-0.3, -0.25) is 19.1 Å². The van der Waals surface area contributed by atoms with E-state index in [1.807, 2.05) is 0 Å².